The van der Waals surface area contributed by atoms with Crippen LogP contribution < -0.4 is 10.2 Å². The Morgan fingerprint density at radius 3 is 2.71 bits per heavy atom. The van der Waals surface area contributed by atoms with E-state index in [4.69, 9.17) is 0 Å². The molecule has 148 valence electrons. The van der Waals surface area contributed by atoms with E-state index in [2.05, 4.69) is 15.4 Å². The van der Waals surface area contributed by atoms with Gasteiger partial charge in [-0.15, -0.1) is 0 Å². The number of nitrogens with zero attached hydrogens (tertiary/aromatic N) is 5. The van der Waals surface area contributed by atoms with Gasteiger partial charge in [0.25, 0.3) is 0 Å². The fourth-order valence-electron chi connectivity index (χ4n) is 3.84. The van der Waals surface area contributed by atoms with Gasteiger partial charge in [-0.3, -0.25) is 14.5 Å². The molecule has 4 rings (SSSR count). The number of amides is 1. The lowest BCUT2D eigenvalue weighted by Crippen LogP contribution is -2.56. The van der Waals surface area contributed by atoms with E-state index in [1.54, 1.807) is 28.9 Å². The number of hydrogen-bond acceptors (Lipinski definition) is 3. The van der Waals surface area contributed by atoms with Crippen LogP contribution in [-0.4, -0.2) is 59.8 Å². The van der Waals surface area contributed by atoms with Crippen molar-refractivity contribution in [2.45, 2.75) is 18.3 Å². The molecule has 2 heterocycles. The van der Waals surface area contributed by atoms with Crippen LogP contribution in [0.25, 0.3) is 0 Å². The van der Waals surface area contributed by atoms with Gasteiger partial charge in [0, 0.05) is 45.3 Å². The molecule has 0 spiro atoms. The number of carbonyl (C=O) groups excluding carboxylic acids is 1. The van der Waals surface area contributed by atoms with Crippen molar-refractivity contribution < 1.29 is 9.18 Å². The van der Waals surface area contributed by atoms with Gasteiger partial charge < -0.3 is 15.1 Å². The molecule has 1 aromatic carbocycles. The summed E-state index contributed by atoms with van der Waals surface area (Å²) in [6.45, 7) is 2.11. The molecule has 1 aliphatic heterocycles. The number of carbonyl (C=O) groups is 1. The van der Waals surface area contributed by atoms with Crippen LogP contribution in [0.1, 0.15) is 18.4 Å². The smallest absolute Gasteiger partial charge is 0.246 e. The highest BCUT2D eigenvalue weighted by Crippen LogP contribution is 2.48. The molecule has 0 radical (unpaired) electrons. The lowest BCUT2D eigenvalue weighted by Gasteiger charge is -2.35. The van der Waals surface area contributed by atoms with E-state index in [1.165, 1.54) is 6.07 Å². The largest absolute Gasteiger partial charge is 0.355 e. The lowest BCUT2D eigenvalue weighted by atomic mass is 9.95. The quantitative estimate of drug-likeness (QED) is 0.641. The highest BCUT2D eigenvalue weighted by atomic mass is 19.1. The summed E-state index contributed by atoms with van der Waals surface area (Å²) in [5.74, 6) is 0.538. The maximum absolute atomic E-state index is 14.2. The number of aromatic nitrogens is 2. The average molecular weight is 384 g/mol. The van der Waals surface area contributed by atoms with Crippen LogP contribution in [-0.2, 0) is 17.3 Å². The lowest BCUT2D eigenvalue weighted by molar-refractivity contribution is -0.120. The number of piperazine rings is 1. The number of nitrogens with one attached hydrogen (secondary N) is 1. The van der Waals surface area contributed by atoms with Gasteiger partial charge in [0.2, 0.25) is 5.91 Å². The third-order valence-corrected chi connectivity index (χ3v) is 5.62. The van der Waals surface area contributed by atoms with Crippen LogP contribution >= 0.6 is 0 Å². The molecule has 2 aliphatic rings. The maximum Gasteiger partial charge on any atom is 0.246 e. The van der Waals surface area contributed by atoms with Crippen LogP contribution in [0.5, 0.6) is 0 Å². The van der Waals surface area contributed by atoms with Gasteiger partial charge in [0.05, 0.1) is 11.9 Å². The Morgan fingerprint density at radius 1 is 1.32 bits per heavy atom. The van der Waals surface area contributed by atoms with E-state index in [9.17, 15) is 9.18 Å². The standard InChI is InChI=1S/C20H25FN6O/c1-22-19(23-14-20(7-8-20)16-5-3-4-6-17(16)21)26-9-10-27(18(28)13-26)15-11-24-25(2)12-15/h3-6,11-12H,7-10,13-14H2,1-2H3,(H,22,23). The Morgan fingerprint density at radius 2 is 2.11 bits per heavy atom. The van der Waals surface area contributed by atoms with Crippen LogP contribution in [0.4, 0.5) is 10.1 Å². The fraction of sp³-hybridized carbons (Fsp3) is 0.450. The first-order valence-electron chi connectivity index (χ1n) is 9.52. The van der Waals surface area contributed by atoms with E-state index in [0.717, 1.165) is 24.1 Å². The van der Waals surface area contributed by atoms with Crippen LogP contribution in [0.2, 0.25) is 0 Å². The van der Waals surface area contributed by atoms with Gasteiger partial charge >= 0.3 is 0 Å². The second-order valence-electron chi connectivity index (χ2n) is 7.50. The zero-order valence-electron chi connectivity index (χ0n) is 16.2. The molecule has 7 nitrogen and oxygen atoms in total. The first-order chi connectivity index (χ1) is 13.5. The summed E-state index contributed by atoms with van der Waals surface area (Å²) in [6.07, 6.45) is 5.44. The molecule has 1 aromatic heterocycles. The highest BCUT2D eigenvalue weighted by molar-refractivity contribution is 5.98. The van der Waals surface area contributed by atoms with Crippen molar-refractivity contribution in [2.75, 3.05) is 38.1 Å². The zero-order valence-corrected chi connectivity index (χ0v) is 16.2. The topological polar surface area (TPSA) is 65.8 Å². The summed E-state index contributed by atoms with van der Waals surface area (Å²) in [4.78, 5) is 20.7. The number of aryl methyl sites for hydroxylation is 1. The zero-order chi connectivity index (χ0) is 19.7. The molecule has 1 saturated carbocycles. The van der Waals surface area contributed by atoms with E-state index in [0.29, 0.717) is 25.6 Å². The third kappa shape index (κ3) is 3.46. The van der Waals surface area contributed by atoms with Gasteiger partial charge in [0.15, 0.2) is 5.96 Å². The fourth-order valence-corrected chi connectivity index (χ4v) is 3.84. The Labute approximate surface area is 163 Å². The summed E-state index contributed by atoms with van der Waals surface area (Å²) in [6, 6.07) is 6.97. The number of aliphatic imine (C=N–C) groups is 1. The molecule has 0 unspecified atom stereocenters. The predicted octanol–water partition coefficient (Wildman–Crippen LogP) is 1.51. The van der Waals surface area contributed by atoms with Crippen molar-refractivity contribution in [3.63, 3.8) is 0 Å². The molecule has 2 aromatic rings. The van der Waals surface area contributed by atoms with Crippen molar-refractivity contribution in [1.29, 1.82) is 0 Å². The van der Waals surface area contributed by atoms with E-state index in [1.807, 2.05) is 30.3 Å². The van der Waals surface area contributed by atoms with Gasteiger partial charge in [-0.1, -0.05) is 18.2 Å². The summed E-state index contributed by atoms with van der Waals surface area (Å²) >= 11 is 0. The second-order valence-corrected chi connectivity index (χ2v) is 7.50. The average Bonchev–Trinajstić information content (AvgIpc) is 3.35. The molecule has 1 aliphatic carbocycles. The number of halogens is 1. The van der Waals surface area contributed by atoms with Gasteiger partial charge in [-0.05, 0) is 24.5 Å². The molecule has 0 bridgehead atoms. The molecule has 8 heteroatoms. The van der Waals surface area contributed by atoms with Crippen molar-refractivity contribution in [3.8, 4) is 0 Å². The number of benzene rings is 1. The van der Waals surface area contributed by atoms with Crippen LogP contribution in [0, 0.1) is 5.82 Å². The van der Waals surface area contributed by atoms with Crippen molar-refractivity contribution >= 4 is 17.6 Å². The maximum atomic E-state index is 14.2. The van der Waals surface area contributed by atoms with E-state index < -0.39 is 0 Å². The summed E-state index contributed by atoms with van der Waals surface area (Å²) in [7, 11) is 3.54. The first kappa shape index (κ1) is 18.5. The second kappa shape index (κ2) is 7.26. The van der Waals surface area contributed by atoms with Crippen molar-refractivity contribution in [2.24, 2.45) is 12.0 Å². The molecular formula is C20H25FN6O. The Hall–Kier alpha value is -2.90. The monoisotopic (exact) mass is 384 g/mol. The Balaban J connectivity index is 1.39. The summed E-state index contributed by atoms with van der Waals surface area (Å²) in [5.41, 5.74) is 1.39. The number of anilines is 1. The summed E-state index contributed by atoms with van der Waals surface area (Å²) < 4.78 is 15.9. The van der Waals surface area contributed by atoms with Crippen molar-refractivity contribution in [3.05, 3.63) is 48.0 Å². The highest BCUT2D eigenvalue weighted by Gasteiger charge is 2.46. The van der Waals surface area contributed by atoms with Crippen molar-refractivity contribution in [1.82, 2.24) is 20.0 Å². The molecule has 1 amide bonds. The molecule has 0 atom stereocenters. The summed E-state index contributed by atoms with van der Waals surface area (Å²) in [5, 5.41) is 7.51. The third-order valence-electron chi connectivity index (χ3n) is 5.62. The van der Waals surface area contributed by atoms with Gasteiger partial charge in [-0.2, -0.15) is 5.10 Å². The van der Waals surface area contributed by atoms with E-state index in [-0.39, 0.29) is 23.7 Å². The molecule has 1 saturated heterocycles. The molecular weight excluding hydrogens is 359 g/mol. The molecule has 2 fully saturated rings. The molecule has 1 N–H and O–H groups in total. The number of guanidine groups is 1. The number of rotatable bonds is 4. The minimum Gasteiger partial charge on any atom is -0.355 e. The Kier molecular flexibility index (Phi) is 4.78. The van der Waals surface area contributed by atoms with E-state index >= 15 is 0 Å². The first-order valence-corrected chi connectivity index (χ1v) is 9.52. The van der Waals surface area contributed by atoms with Crippen LogP contribution in [0.3, 0.4) is 0 Å². The van der Waals surface area contributed by atoms with Gasteiger partial charge in [0.1, 0.15) is 12.4 Å². The van der Waals surface area contributed by atoms with Crippen LogP contribution in [0.15, 0.2) is 41.7 Å². The minimum atomic E-state index is -0.178. The minimum absolute atomic E-state index is 0.0115. The number of hydrogen-bond donors (Lipinski definition) is 1. The van der Waals surface area contributed by atoms with Gasteiger partial charge in [-0.25, -0.2) is 4.39 Å². The Bertz CT molecular complexity index is 904. The SMILES string of the molecule is CN=C(NCC1(c2ccccc2F)CC1)N1CCN(c2cnn(C)c2)C(=O)C1. The molecule has 28 heavy (non-hydrogen) atoms. The predicted molar refractivity (Wildman–Crippen MR) is 106 cm³/mol. The normalized spacial score (nSPS) is 19.1.